The second kappa shape index (κ2) is 6.16. The lowest BCUT2D eigenvalue weighted by atomic mass is 10.1. The van der Waals surface area contributed by atoms with Crippen LogP contribution >= 0.6 is 0 Å². The number of nitrogens with one attached hydrogen (secondary N) is 1. The maximum atomic E-state index is 13.7. The second-order valence-corrected chi connectivity index (χ2v) is 4.79. The molecule has 0 aliphatic carbocycles. The highest BCUT2D eigenvalue weighted by atomic mass is 19.1. The molecule has 112 valence electrons. The molecule has 0 unspecified atom stereocenters. The number of hydrogen-bond acceptors (Lipinski definition) is 3. The molecule has 0 aliphatic rings. The lowest BCUT2D eigenvalue weighted by molar-refractivity contribution is 0.0997. The molecule has 3 rings (SSSR count). The van der Waals surface area contributed by atoms with E-state index in [4.69, 9.17) is 9.68 Å². The van der Waals surface area contributed by atoms with Crippen molar-refractivity contribution in [1.82, 2.24) is 0 Å². The first-order chi connectivity index (χ1) is 11.2. The zero-order chi connectivity index (χ0) is 16.2. The maximum Gasteiger partial charge on any atom is 0.291 e. The number of rotatable bonds is 3. The predicted octanol–water partition coefficient (Wildman–Crippen LogP) is 4.21. The minimum absolute atomic E-state index is 0.0608. The van der Waals surface area contributed by atoms with Gasteiger partial charge in [0.1, 0.15) is 11.6 Å². The van der Waals surface area contributed by atoms with Gasteiger partial charge in [-0.25, -0.2) is 4.39 Å². The van der Waals surface area contributed by atoms with Crippen LogP contribution in [0.5, 0.6) is 0 Å². The Morgan fingerprint density at radius 2 is 1.91 bits per heavy atom. The third-order valence-electron chi connectivity index (χ3n) is 3.22. The fraction of sp³-hybridized carbons (Fsp3) is 0. The van der Waals surface area contributed by atoms with E-state index in [0.717, 1.165) is 0 Å². The summed E-state index contributed by atoms with van der Waals surface area (Å²) in [6.07, 6.45) is 0. The molecule has 0 spiro atoms. The monoisotopic (exact) mass is 306 g/mol. The van der Waals surface area contributed by atoms with E-state index in [-0.39, 0.29) is 17.1 Å². The summed E-state index contributed by atoms with van der Waals surface area (Å²) in [5.74, 6) is -0.553. The molecule has 1 aromatic heterocycles. The highest BCUT2D eigenvalue weighted by molar-refractivity contribution is 6.02. The Bertz CT molecular complexity index is 909. The number of benzene rings is 2. The molecule has 0 atom stereocenters. The van der Waals surface area contributed by atoms with Crippen molar-refractivity contribution in [3.05, 3.63) is 77.8 Å². The predicted molar refractivity (Wildman–Crippen MR) is 83.2 cm³/mol. The van der Waals surface area contributed by atoms with Crippen molar-refractivity contribution in [2.75, 3.05) is 5.32 Å². The molecule has 1 amide bonds. The normalized spacial score (nSPS) is 10.1. The summed E-state index contributed by atoms with van der Waals surface area (Å²) in [6.45, 7) is 0. The number of anilines is 1. The number of halogens is 1. The number of carbonyl (C=O) groups is 1. The first-order valence-corrected chi connectivity index (χ1v) is 6.83. The molecule has 0 fully saturated rings. The highest BCUT2D eigenvalue weighted by Gasteiger charge is 2.14. The average Bonchev–Trinajstić information content (AvgIpc) is 3.05. The van der Waals surface area contributed by atoms with Gasteiger partial charge in [0.05, 0.1) is 17.2 Å². The maximum absolute atomic E-state index is 13.7. The van der Waals surface area contributed by atoms with E-state index in [1.807, 2.05) is 6.07 Å². The van der Waals surface area contributed by atoms with Gasteiger partial charge in [0.15, 0.2) is 5.76 Å². The van der Waals surface area contributed by atoms with Crippen molar-refractivity contribution in [3.63, 3.8) is 0 Å². The van der Waals surface area contributed by atoms with Gasteiger partial charge in [-0.15, -0.1) is 0 Å². The molecular weight excluding hydrogens is 295 g/mol. The molecule has 0 saturated heterocycles. The zero-order valence-corrected chi connectivity index (χ0v) is 11.9. The van der Waals surface area contributed by atoms with Crippen molar-refractivity contribution >= 4 is 11.6 Å². The van der Waals surface area contributed by atoms with Gasteiger partial charge in [-0.05, 0) is 42.5 Å². The third kappa shape index (κ3) is 3.11. The van der Waals surface area contributed by atoms with E-state index >= 15 is 0 Å². The number of hydrogen-bond donors (Lipinski definition) is 1. The van der Waals surface area contributed by atoms with Crippen molar-refractivity contribution in [2.45, 2.75) is 0 Å². The largest absolute Gasteiger partial charge is 0.451 e. The van der Waals surface area contributed by atoms with Crippen LogP contribution in [0.3, 0.4) is 0 Å². The van der Waals surface area contributed by atoms with Gasteiger partial charge < -0.3 is 9.73 Å². The van der Waals surface area contributed by atoms with Gasteiger partial charge in [-0.2, -0.15) is 5.26 Å². The molecule has 4 nitrogen and oxygen atoms in total. The van der Waals surface area contributed by atoms with Crippen LogP contribution in [0.1, 0.15) is 16.1 Å². The standard InChI is InChI=1S/C18H11FN2O2/c19-15-7-2-1-6-14(15)16-8-9-17(23-16)18(22)21-13-5-3-4-12(10-13)11-20/h1-10H,(H,21,22). The summed E-state index contributed by atoms with van der Waals surface area (Å²) in [7, 11) is 0. The molecular formula is C18H11FN2O2. The Hall–Kier alpha value is -3.39. The molecule has 0 radical (unpaired) electrons. The number of nitriles is 1. The van der Waals surface area contributed by atoms with Gasteiger partial charge in [0, 0.05) is 5.69 Å². The van der Waals surface area contributed by atoms with Crippen LogP contribution in [0.4, 0.5) is 10.1 Å². The average molecular weight is 306 g/mol. The van der Waals surface area contributed by atoms with Crippen LogP contribution in [0.25, 0.3) is 11.3 Å². The quantitative estimate of drug-likeness (QED) is 0.788. The van der Waals surface area contributed by atoms with Crippen LogP contribution in [0.2, 0.25) is 0 Å². The Labute approximate surface area is 131 Å². The number of amides is 1. The van der Waals surface area contributed by atoms with Crippen molar-refractivity contribution in [2.24, 2.45) is 0 Å². The van der Waals surface area contributed by atoms with Crippen LogP contribution < -0.4 is 5.32 Å². The van der Waals surface area contributed by atoms with Crippen LogP contribution in [0.15, 0.2) is 65.1 Å². The van der Waals surface area contributed by atoms with Crippen molar-refractivity contribution < 1.29 is 13.6 Å². The van der Waals surface area contributed by atoms with Crippen molar-refractivity contribution in [3.8, 4) is 17.4 Å². The first kappa shape index (κ1) is 14.5. The molecule has 0 bridgehead atoms. The van der Waals surface area contributed by atoms with Crippen LogP contribution in [0, 0.1) is 17.1 Å². The molecule has 5 heteroatoms. The Kier molecular flexibility index (Phi) is 3.89. The topological polar surface area (TPSA) is 66.0 Å². The number of carbonyl (C=O) groups excluding carboxylic acids is 1. The van der Waals surface area contributed by atoms with E-state index in [0.29, 0.717) is 11.3 Å². The van der Waals surface area contributed by atoms with E-state index in [9.17, 15) is 9.18 Å². The SMILES string of the molecule is N#Cc1cccc(NC(=O)c2ccc(-c3ccccc3F)o2)c1. The van der Waals surface area contributed by atoms with Crippen molar-refractivity contribution in [1.29, 1.82) is 5.26 Å². The molecule has 0 aliphatic heterocycles. The minimum atomic E-state index is -0.470. The summed E-state index contributed by atoms with van der Waals surface area (Å²) >= 11 is 0. The van der Waals surface area contributed by atoms with E-state index in [1.54, 1.807) is 48.5 Å². The Morgan fingerprint density at radius 1 is 1.09 bits per heavy atom. The molecule has 23 heavy (non-hydrogen) atoms. The van der Waals surface area contributed by atoms with Gasteiger partial charge >= 0.3 is 0 Å². The van der Waals surface area contributed by atoms with Crippen LogP contribution in [-0.2, 0) is 0 Å². The molecule has 1 heterocycles. The Morgan fingerprint density at radius 3 is 2.70 bits per heavy atom. The van der Waals surface area contributed by atoms with Gasteiger partial charge in [-0.3, -0.25) is 4.79 Å². The lowest BCUT2D eigenvalue weighted by Gasteiger charge is -2.03. The number of nitrogens with zero attached hydrogens (tertiary/aromatic N) is 1. The molecule has 2 aromatic carbocycles. The third-order valence-corrected chi connectivity index (χ3v) is 3.22. The fourth-order valence-electron chi connectivity index (χ4n) is 2.12. The second-order valence-electron chi connectivity index (χ2n) is 4.79. The summed E-state index contributed by atoms with van der Waals surface area (Å²) in [5.41, 5.74) is 1.21. The summed E-state index contributed by atoms with van der Waals surface area (Å²) in [4.78, 5) is 12.2. The van der Waals surface area contributed by atoms with Gasteiger partial charge in [0.25, 0.3) is 5.91 Å². The summed E-state index contributed by atoms with van der Waals surface area (Å²) < 4.78 is 19.1. The highest BCUT2D eigenvalue weighted by Crippen LogP contribution is 2.25. The van der Waals surface area contributed by atoms with E-state index < -0.39 is 11.7 Å². The molecule has 1 N–H and O–H groups in total. The van der Waals surface area contributed by atoms with Gasteiger partial charge in [-0.1, -0.05) is 18.2 Å². The summed E-state index contributed by atoms with van der Waals surface area (Å²) in [5, 5.41) is 11.5. The first-order valence-electron chi connectivity index (χ1n) is 6.83. The minimum Gasteiger partial charge on any atom is -0.451 e. The lowest BCUT2D eigenvalue weighted by Crippen LogP contribution is -2.10. The molecule has 0 saturated carbocycles. The fourth-order valence-corrected chi connectivity index (χ4v) is 2.12. The van der Waals surface area contributed by atoms with Crippen LogP contribution in [-0.4, -0.2) is 5.91 Å². The van der Waals surface area contributed by atoms with E-state index in [1.165, 1.54) is 12.1 Å². The Balaban J connectivity index is 1.81. The smallest absolute Gasteiger partial charge is 0.291 e. The number of furan rings is 1. The summed E-state index contributed by atoms with van der Waals surface area (Å²) in [6, 6.07) is 17.7. The van der Waals surface area contributed by atoms with Gasteiger partial charge in [0.2, 0.25) is 0 Å². The zero-order valence-electron chi connectivity index (χ0n) is 11.9. The molecule has 3 aromatic rings. The van der Waals surface area contributed by atoms with E-state index in [2.05, 4.69) is 5.32 Å².